The SMILES string of the molecule is COP(=O)(O)O[C@H](C)C(NC(=O)[C@H](CO)NC(=O)[C@H](Cc1cncn1CCCCCCCCc1ccccc1)NC(=O)[C@H](CC(C)C)NC(=O)[C@@H]1CCCN1C(C)=O)C(N)=O. The molecule has 1 saturated heterocycles. The minimum atomic E-state index is -4.61. The number of primary amides is 1. The molecule has 1 fully saturated rings. The highest BCUT2D eigenvalue weighted by atomic mass is 31.2. The number of unbranched alkanes of at least 4 members (excludes halogenated alkanes) is 5. The van der Waals surface area contributed by atoms with Gasteiger partial charge in [-0.05, 0) is 56.9 Å². The second-order valence-corrected chi connectivity index (χ2v) is 17.4. The normalized spacial score (nSPS) is 17.4. The molecule has 1 aromatic carbocycles. The van der Waals surface area contributed by atoms with Crippen molar-refractivity contribution in [3.63, 3.8) is 0 Å². The summed E-state index contributed by atoms with van der Waals surface area (Å²) in [4.78, 5) is 94.8. The first kappa shape index (κ1) is 50.7. The van der Waals surface area contributed by atoms with E-state index in [1.807, 2.05) is 36.6 Å². The Morgan fingerprint density at radius 1 is 0.902 bits per heavy atom. The number of hydrogen-bond donors (Lipinski definition) is 7. The lowest BCUT2D eigenvalue weighted by Gasteiger charge is -2.28. The Balaban J connectivity index is 1.77. The average molecular weight is 877 g/mol. The highest BCUT2D eigenvalue weighted by Gasteiger charge is 2.37. The van der Waals surface area contributed by atoms with E-state index in [0.717, 1.165) is 52.1 Å². The van der Waals surface area contributed by atoms with E-state index in [1.165, 1.54) is 24.3 Å². The van der Waals surface area contributed by atoms with Crippen LogP contribution in [-0.4, -0.2) is 116 Å². The van der Waals surface area contributed by atoms with Crippen molar-refractivity contribution in [3.05, 3.63) is 54.1 Å². The lowest BCUT2D eigenvalue weighted by Crippen LogP contribution is -2.61. The summed E-state index contributed by atoms with van der Waals surface area (Å²) >= 11 is 0. The van der Waals surface area contributed by atoms with Crippen molar-refractivity contribution in [2.45, 2.75) is 141 Å². The van der Waals surface area contributed by atoms with Gasteiger partial charge in [-0.1, -0.05) is 69.9 Å². The molecule has 1 aromatic heterocycles. The van der Waals surface area contributed by atoms with Gasteiger partial charge in [-0.15, -0.1) is 0 Å². The third kappa shape index (κ3) is 17.0. The Hall–Kier alpha value is -4.68. The van der Waals surface area contributed by atoms with E-state index >= 15 is 0 Å². The summed E-state index contributed by atoms with van der Waals surface area (Å²) < 4.78 is 23.1. The molecule has 2 heterocycles. The van der Waals surface area contributed by atoms with E-state index in [0.29, 0.717) is 31.6 Å². The maximum absolute atomic E-state index is 14.1. The maximum atomic E-state index is 14.1. The molecule has 0 saturated carbocycles. The van der Waals surface area contributed by atoms with Crippen LogP contribution in [0.3, 0.4) is 0 Å². The molecule has 7 atom stereocenters. The van der Waals surface area contributed by atoms with E-state index in [2.05, 4.69) is 42.9 Å². The Bertz CT molecular complexity index is 1800. The van der Waals surface area contributed by atoms with Crippen LogP contribution in [-0.2, 0) is 61.8 Å². The number of carbonyl (C=O) groups is 6. The van der Waals surface area contributed by atoms with E-state index in [-0.39, 0.29) is 24.7 Å². The number of likely N-dealkylation sites (tertiary alicyclic amines) is 1. The van der Waals surface area contributed by atoms with Gasteiger partial charge >= 0.3 is 7.82 Å². The number of aryl methyl sites for hydroxylation is 2. The van der Waals surface area contributed by atoms with E-state index in [9.17, 15) is 43.3 Å². The smallest absolute Gasteiger partial charge is 0.394 e. The summed E-state index contributed by atoms with van der Waals surface area (Å²) in [5, 5.41) is 20.4. The molecular formula is C41H65N8O11P. The van der Waals surface area contributed by atoms with E-state index < -0.39 is 80.3 Å². The summed E-state index contributed by atoms with van der Waals surface area (Å²) in [6.07, 6.45) is 10.1. The minimum Gasteiger partial charge on any atom is -0.394 e. The summed E-state index contributed by atoms with van der Waals surface area (Å²) in [5.74, 6) is -4.65. The van der Waals surface area contributed by atoms with Crippen molar-refractivity contribution in [3.8, 4) is 0 Å². The quantitative estimate of drug-likeness (QED) is 0.0499. The van der Waals surface area contributed by atoms with Gasteiger partial charge in [-0.25, -0.2) is 9.55 Å². The second kappa shape index (κ2) is 25.3. The van der Waals surface area contributed by atoms with Crippen LogP contribution in [0.15, 0.2) is 42.9 Å². The van der Waals surface area contributed by atoms with E-state index in [1.54, 1.807) is 12.5 Å². The van der Waals surface area contributed by atoms with Crippen LogP contribution < -0.4 is 27.0 Å². The predicted molar refractivity (Wildman–Crippen MR) is 225 cm³/mol. The minimum absolute atomic E-state index is 0.0724. The maximum Gasteiger partial charge on any atom is 0.472 e. The predicted octanol–water partition coefficient (Wildman–Crippen LogP) is 1.63. The molecule has 1 aliphatic heterocycles. The van der Waals surface area contributed by atoms with Gasteiger partial charge in [0.1, 0.15) is 30.2 Å². The molecule has 8 N–H and O–H groups in total. The van der Waals surface area contributed by atoms with Gasteiger partial charge in [0.2, 0.25) is 35.4 Å². The molecule has 340 valence electrons. The number of amides is 6. The molecule has 0 bridgehead atoms. The van der Waals surface area contributed by atoms with Crippen molar-refractivity contribution in [2.75, 3.05) is 20.3 Å². The molecule has 1 aliphatic rings. The summed E-state index contributed by atoms with van der Waals surface area (Å²) in [7, 11) is -3.71. The number of imidazole rings is 1. The third-order valence-corrected chi connectivity index (χ3v) is 11.6. The molecule has 0 radical (unpaired) electrons. The van der Waals surface area contributed by atoms with Crippen LogP contribution >= 0.6 is 7.82 Å². The average Bonchev–Trinajstić information content (AvgIpc) is 3.89. The van der Waals surface area contributed by atoms with Crippen molar-refractivity contribution < 1.29 is 52.4 Å². The first-order valence-electron chi connectivity index (χ1n) is 20.9. The Kier molecular flexibility index (Phi) is 21.0. The van der Waals surface area contributed by atoms with Crippen LogP contribution in [0.25, 0.3) is 0 Å². The number of aliphatic hydroxyl groups excluding tert-OH is 1. The number of aromatic nitrogens is 2. The molecule has 20 heteroatoms. The largest absolute Gasteiger partial charge is 0.472 e. The van der Waals surface area contributed by atoms with Crippen LogP contribution in [0, 0.1) is 5.92 Å². The molecule has 3 rings (SSSR count). The topological polar surface area (TPSA) is 274 Å². The van der Waals surface area contributed by atoms with Crippen molar-refractivity contribution in [1.29, 1.82) is 0 Å². The number of hydrogen-bond acceptors (Lipinski definition) is 11. The highest BCUT2D eigenvalue weighted by molar-refractivity contribution is 7.47. The monoisotopic (exact) mass is 876 g/mol. The van der Waals surface area contributed by atoms with Crippen LogP contribution in [0.1, 0.15) is 96.7 Å². The van der Waals surface area contributed by atoms with E-state index in [4.69, 9.17) is 10.3 Å². The number of nitrogens with one attached hydrogen (secondary N) is 4. The zero-order valence-corrected chi connectivity index (χ0v) is 36.8. The Morgan fingerprint density at radius 2 is 1.52 bits per heavy atom. The van der Waals surface area contributed by atoms with Crippen molar-refractivity contribution in [2.24, 2.45) is 11.7 Å². The van der Waals surface area contributed by atoms with Gasteiger partial charge in [-0.2, -0.15) is 0 Å². The fourth-order valence-corrected chi connectivity index (χ4v) is 7.84. The standard InChI is InChI=1S/C41H65N8O11P/c1-27(2)22-32(45-41(56)35-19-15-21-49(35)29(4)51)38(53)44-33(39(54)46-34(25-50)40(55)47-36(37(42)52)28(3)60-61(57,58)59-5)23-31-24-43-26-48(31)20-14-9-7-6-8-11-16-30-17-12-10-13-18-30/h10,12-13,17-18,24,26-28,32-36,50H,6-9,11,14-16,19-23,25H2,1-5H3,(H2,42,52)(H,44,53)(H,45,56)(H,46,54)(H,47,55)(H,57,58)/t28-,32+,33+,34+,35+,36?/m1/s1. The fraction of sp³-hybridized carbons (Fsp3) is 0.634. The molecule has 2 aromatic rings. The second-order valence-electron chi connectivity index (χ2n) is 15.9. The molecule has 61 heavy (non-hydrogen) atoms. The first-order chi connectivity index (χ1) is 29.0. The Morgan fingerprint density at radius 3 is 2.15 bits per heavy atom. The Labute approximate surface area is 357 Å². The summed E-state index contributed by atoms with van der Waals surface area (Å²) in [6.45, 7) is 6.33. The highest BCUT2D eigenvalue weighted by Crippen LogP contribution is 2.43. The summed E-state index contributed by atoms with van der Waals surface area (Å²) in [6, 6.07) is 3.79. The van der Waals surface area contributed by atoms with Gasteiger partial charge in [-0.3, -0.25) is 37.8 Å². The number of carbonyl (C=O) groups excluding carboxylic acids is 6. The number of benzene rings is 1. The number of phosphoric acid groups is 1. The zero-order valence-electron chi connectivity index (χ0n) is 35.9. The molecule has 19 nitrogen and oxygen atoms in total. The summed E-state index contributed by atoms with van der Waals surface area (Å²) in [5.41, 5.74) is 7.35. The van der Waals surface area contributed by atoms with Gasteiger partial charge in [0.25, 0.3) is 0 Å². The lowest BCUT2D eigenvalue weighted by atomic mass is 10.0. The molecule has 0 spiro atoms. The lowest BCUT2D eigenvalue weighted by molar-refractivity contribution is -0.139. The van der Waals surface area contributed by atoms with Gasteiger partial charge in [0.15, 0.2) is 0 Å². The molecule has 2 unspecified atom stereocenters. The molecule has 6 amide bonds. The van der Waals surface area contributed by atoms with Gasteiger partial charge in [0, 0.05) is 45.4 Å². The first-order valence-corrected chi connectivity index (χ1v) is 22.4. The van der Waals surface area contributed by atoms with Crippen LogP contribution in [0.5, 0.6) is 0 Å². The molecule has 0 aliphatic carbocycles. The van der Waals surface area contributed by atoms with Gasteiger partial charge < -0.3 is 46.5 Å². The van der Waals surface area contributed by atoms with Gasteiger partial charge in [0.05, 0.1) is 19.0 Å². The fourth-order valence-electron chi connectivity index (χ4n) is 7.21. The number of rotatable bonds is 27. The number of nitrogens with two attached hydrogens (primary N) is 1. The van der Waals surface area contributed by atoms with Crippen LogP contribution in [0.4, 0.5) is 0 Å². The number of nitrogens with zero attached hydrogens (tertiary/aromatic N) is 3. The zero-order chi connectivity index (χ0) is 45.1. The third-order valence-electron chi connectivity index (χ3n) is 10.5. The number of phosphoric ester groups is 1. The van der Waals surface area contributed by atoms with Crippen molar-refractivity contribution in [1.82, 2.24) is 35.7 Å². The number of aliphatic hydroxyl groups is 1. The molecular weight excluding hydrogens is 811 g/mol. The van der Waals surface area contributed by atoms with Crippen molar-refractivity contribution >= 4 is 43.3 Å². The van der Waals surface area contributed by atoms with Crippen LogP contribution in [0.2, 0.25) is 0 Å².